The fourth-order valence-electron chi connectivity index (χ4n) is 2.71. The van der Waals surface area contributed by atoms with Crippen molar-refractivity contribution in [1.29, 1.82) is 0 Å². The molecule has 0 bridgehead atoms. The molecule has 1 atom stereocenters. The van der Waals surface area contributed by atoms with E-state index in [4.69, 9.17) is 0 Å². The third-order valence-corrected chi connectivity index (χ3v) is 4.00. The lowest BCUT2D eigenvalue weighted by Gasteiger charge is -2.24. The maximum Gasteiger partial charge on any atom is 0.279 e. The Kier molecular flexibility index (Phi) is 6.12. The zero-order chi connectivity index (χ0) is 14.3. The highest BCUT2D eigenvalue weighted by Gasteiger charge is 2.48. The van der Waals surface area contributed by atoms with Crippen molar-refractivity contribution in [2.24, 2.45) is 0 Å². The summed E-state index contributed by atoms with van der Waals surface area (Å²) in [6.45, 7) is 1.41. The predicted molar refractivity (Wildman–Crippen MR) is 71.6 cm³/mol. The maximum atomic E-state index is 12.3. The third-order valence-electron chi connectivity index (χ3n) is 4.00. The van der Waals surface area contributed by atoms with E-state index in [1.807, 2.05) is 0 Å². The van der Waals surface area contributed by atoms with Crippen LogP contribution in [0.5, 0.6) is 0 Å². The average Bonchev–Trinajstić information content (AvgIpc) is 2.35. The molecule has 108 valence electrons. The number of Topliss-reactive ketones (excluding diaryl/α,β-unsaturated/α-hetero) is 2. The quantitative estimate of drug-likeness (QED) is 0.580. The molecule has 0 aromatic rings. The summed E-state index contributed by atoms with van der Waals surface area (Å²) in [6, 6.07) is 0. The normalized spacial score (nSPS) is 25.8. The van der Waals surface area contributed by atoms with Crippen LogP contribution in [0.4, 0.5) is 0 Å². The van der Waals surface area contributed by atoms with Crippen molar-refractivity contribution in [3.8, 4) is 0 Å². The van der Waals surface area contributed by atoms with Gasteiger partial charge in [0.15, 0.2) is 0 Å². The van der Waals surface area contributed by atoms with Gasteiger partial charge in [-0.25, -0.2) is 0 Å². The molecular formula is C14H23NO4. The van der Waals surface area contributed by atoms with Gasteiger partial charge in [-0.05, 0) is 19.8 Å². The fraction of sp³-hybridized carbons (Fsp3) is 0.857. The average molecular weight is 269 g/mol. The number of hydrogen-bond donors (Lipinski definition) is 0. The Hall–Kier alpha value is -1.26. The molecule has 0 N–H and O–H groups in total. The van der Waals surface area contributed by atoms with Crippen LogP contribution in [0.2, 0.25) is 0 Å². The molecule has 0 aromatic carbocycles. The van der Waals surface area contributed by atoms with Crippen LogP contribution < -0.4 is 0 Å². The van der Waals surface area contributed by atoms with Gasteiger partial charge in [0.05, 0.1) is 0 Å². The number of carbonyl (C=O) groups excluding carboxylic acids is 2. The van der Waals surface area contributed by atoms with E-state index in [0.717, 1.165) is 32.1 Å². The summed E-state index contributed by atoms with van der Waals surface area (Å²) in [5.74, 6) is -0.369. The molecule has 0 amide bonds. The Morgan fingerprint density at radius 2 is 1.79 bits per heavy atom. The van der Waals surface area contributed by atoms with Crippen molar-refractivity contribution in [1.82, 2.24) is 0 Å². The van der Waals surface area contributed by atoms with Gasteiger partial charge in [0.2, 0.25) is 5.78 Å². The number of rotatable bonds is 4. The summed E-state index contributed by atoms with van der Waals surface area (Å²) in [6.07, 6.45) is 6.25. The molecule has 1 unspecified atom stereocenters. The fourth-order valence-corrected chi connectivity index (χ4v) is 2.71. The smallest absolute Gasteiger partial charge is 0.279 e. The van der Waals surface area contributed by atoms with Gasteiger partial charge < -0.3 is 4.79 Å². The molecule has 0 heterocycles. The summed E-state index contributed by atoms with van der Waals surface area (Å²) in [5.41, 5.74) is -1.51. The standard InChI is InChI=1S/C14H23NO4/c1-12(16)9-11-14(15(18)19)10-7-5-3-2-4-6-8-13(14)17/h2-11H2,1H3. The van der Waals surface area contributed by atoms with E-state index in [1.54, 1.807) is 0 Å². The van der Waals surface area contributed by atoms with Gasteiger partial charge in [-0.2, -0.15) is 0 Å². The van der Waals surface area contributed by atoms with E-state index in [1.165, 1.54) is 6.92 Å². The minimum absolute atomic E-state index is 0.0637. The number of ketones is 2. The lowest BCUT2D eigenvalue weighted by atomic mass is 9.80. The van der Waals surface area contributed by atoms with Crippen LogP contribution >= 0.6 is 0 Å². The van der Waals surface area contributed by atoms with Crippen molar-refractivity contribution in [2.75, 3.05) is 0 Å². The van der Waals surface area contributed by atoms with Gasteiger partial charge >= 0.3 is 0 Å². The summed E-state index contributed by atoms with van der Waals surface area (Å²) in [7, 11) is 0. The van der Waals surface area contributed by atoms with Gasteiger partial charge in [-0.3, -0.25) is 14.9 Å². The highest BCUT2D eigenvalue weighted by molar-refractivity contribution is 5.87. The third kappa shape index (κ3) is 4.40. The monoisotopic (exact) mass is 269 g/mol. The SMILES string of the molecule is CC(=O)CCC1([N+](=O)[O-])CCCCCCCCC1=O. The Balaban J connectivity index is 2.87. The number of nitro groups is 1. The topological polar surface area (TPSA) is 77.3 Å². The first-order chi connectivity index (χ1) is 8.99. The van der Waals surface area contributed by atoms with E-state index in [-0.39, 0.29) is 37.2 Å². The van der Waals surface area contributed by atoms with Crippen LogP contribution in [-0.4, -0.2) is 22.0 Å². The lowest BCUT2D eigenvalue weighted by Crippen LogP contribution is -2.47. The molecule has 1 aliphatic carbocycles. The van der Waals surface area contributed by atoms with Gasteiger partial charge in [0.1, 0.15) is 5.78 Å². The molecule has 0 radical (unpaired) electrons. The molecule has 5 nitrogen and oxygen atoms in total. The molecule has 1 aliphatic rings. The van der Waals surface area contributed by atoms with Crippen LogP contribution in [0, 0.1) is 10.1 Å². The van der Waals surface area contributed by atoms with E-state index in [9.17, 15) is 19.7 Å². The first-order valence-electron chi connectivity index (χ1n) is 7.16. The zero-order valence-corrected chi connectivity index (χ0v) is 11.7. The first-order valence-corrected chi connectivity index (χ1v) is 7.16. The Morgan fingerprint density at radius 3 is 2.37 bits per heavy atom. The molecule has 19 heavy (non-hydrogen) atoms. The van der Waals surface area contributed by atoms with Crippen LogP contribution in [0.15, 0.2) is 0 Å². The van der Waals surface area contributed by atoms with Gasteiger partial charge in [-0.1, -0.05) is 25.7 Å². The second-order valence-electron chi connectivity index (χ2n) is 5.54. The summed E-state index contributed by atoms with van der Waals surface area (Å²) >= 11 is 0. The molecule has 1 fully saturated rings. The van der Waals surface area contributed by atoms with Crippen molar-refractivity contribution in [3.63, 3.8) is 0 Å². The van der Waals surface area contributed by atoms with Crippen molar-refractivity contribution >= 4 is 11.6 Å². The Morgan fingerprint density at radius 1 is 1.21 bits per heavy atom. The van der Waals surface area contributed by atoms with Crippen molar-refractivity contribution < 1.29 is 14.5 Å². The van der Waals surface area contributed by atoms with Crippen LogP contribution in [0.3, 0.4) is 0 Å². The maximum absolute atomic E-state index is 12.3. The summed E-state index contributed by atoms with van der Waals surface area (Å²) < 4.78 is 0. The predicted octanol–water partition coefficient (Wildman–Crippen LogP) is 3.07. The van der Waals surface area contributed by atoms with Crippen LogP contribution in [0.1, 0.15) is 71.1 Å². The van der Waals surface area contributed by atoms with E-state index >= 15 is 0 Å². The summed E-state index contributed by atoms with van der Waals surface area (Å²) in [5, 5.41) is 11.4. The van der Waals surface area contributed by atoms with Crippen molar-refractivity contribution in [2.45, 2.75) is 76.7 Å². The number of carbonyl (C=O) groups is 2. The number of hydrogen-bond acceptors (Lipinski definition) is 4. The number of nitrogens with zero attached hydrogens (tertiary/aromatic N) is 1. The lowest BCUT2D eigenvalue weighted by molar-refractivity contribution is -0.554. The second kappa shape index (κ2) is 7.36. The van der Waals surface area contributed by atoms with Crippen LogP contribution in [-0.2, 0) is 9.59 Å². The first kappa shape index (κ1) is 15.8. The van der Waals surface area contributed by atoms with E-state index in [0.29, 0.717) is 6.42 Å². The minimum Gasteiger partial charge on any atom is -0.300 e. The highest BCUT2D eigenvalue weighted by atomic mass is 16.6. The summed E-state index contributed by atoms with van der Waals surface area (Å²) in [4.78, 5) is 34.4. The molecule has 5 heteroatoms. The van der Waals surface area contributed by atoms with Gasteiger partial charge in [0, 0.05) is 30.6 Å². The second-order valence-corrected chi connectivity index (χ2v) is 5.54. The molecule has 0 spiro atoms. The van der Waals surface area contributed by atoms with Gasteiger partial charge in [0.25, 0.3) is 5.54 Å². The Labute approximate surface area is 113 Å². The minimum atomic E-state index is -1.51. The molecule has 1 saturated carbocycles. The van der Waals surface area contributed by atoms with Gasteiger partial charge in [-0.15, -0.1) is 0 Å². The molecule has 0 aliphatic heterocycles. The molecular weight excluding hydrogens is 246 g/mol. The Bertz CT molecular complexity index is 353. The van der Waals surface area contributed by atoms with E-state index < -0.39 is 10.5 Å². The highest BCUT2D eigenvalue weighted by Crippen LogP contribution is 2.29. The van der Waals surface area contributed by atoms with Crippen LogP contribution in [0.25, 0.3) is 0 Å². The molecule has 0 aromatic heterocycles. The molecule has 1 rings (SSSR count). The van der Waals surface area contributed by atoms with E-state index in [2.05, 4.69) is 0 Å². The van der Waals surface area contributed by atoms with Crippen molar-refractivity contribution in [3.05, 3.63) is 10.1 Å². The zero-order valence-electron chi connectivity index (χ0n) is 11.7. The molecule has 0 saturated heterocycles. The largest absolute Gasteiger partial charge is 0.300 e.